The molecule has 1 amide bonds. The molecule has 4 aromatic rings. The van der Waals surface area contributed by atoms with E-state index in [0.29, 0.717) is 41.8 Å². The van der Waals surface area contributed by atoms with Crippen LogP contribution in [-0.2, 0) is 17.7 Å². The first-order chi connectivity index (χ1) is 19.1. The van der Waals surface area contributed by atoms with Gasteiger partial charge in [-0.05, 0) is 89.3 Å². The molecule has 2 aliphatic rings. The maximum atomic E-state index is 13.4. The summed E-state index contributed by atoms with van der Waals surface area (Å²) in [6, 6.07) is 11.9. The van der Waals surface area contributed by atoms with Crippen LogP contribution in [0.4, 0.5) is 16.4 Å². The number of carbonyl (C=O) groups is 1. The Hall–Kier alpha value is -4.21. The van der Waals surface area contributed by atoms with Gasteiger partial charge in [0.2, 0.25) is 5.95 Å². The largest absolute Gasteiger partial charge is 0.444 e. The molecule has 3 aromatic heterocycles. The number of nitrogens with one attached hydrogen (secondary N) is 1. The molecule has 0 radical (unpaired) electrons. The summed E-state index contributed by atoms with van der Waals surface area (Å²) in [5.41, 5.74) is 3.91. The van der Waals surface area contributed by atoms with Crippen LogP contribution in [0.3, 0.4) is 0 Å². The predicted octanol–water partition coefficient (Wildman–Crippen LogP) is 5.47. The van der Waals surface area contributed by atoms with Gasteiger partial charge in [0.05, 0.1) is 0 Å². The molecule has 0 atom stereocenters. The van der Waals surface area contributed by atoms with Crippen molar-refractivity contribution in [2.45, 2.75) is 78.0 Å². The third-order valence-electron chi connectivity index (χ3n) is 7.21. The Bertz CT molecular complexity index is 1660. The Kier molecular flexibility index (Phi) is 6.35. The van der Waals surface area contributed by atoms with E-state index < -0.39 is 5.60 Å². The number of benzene rings is 1. The molecule has 6 rings (SSSR count). The van der Waals surface area contributed by atoms with Gasteiger partial charge in [-0.2, -0.15) is 4.98 Å². The number of nitrogens with zero attached hydrogens (tertiary/aromatic N) is 6. The standard InChI is InChI=1S/C30H35N7O3/c1-18(2)36-27(38)23-16-31-28(34-26(23)37(36)25-8-6-7-24(33-25)20-9-10-20)32-22-12-11-19-13-14-35(17-21(19)15-22)29(39)40-30(3,4)5/h6-8,11-12,15-16,18,20H,9-10,13-14,17H2,1-5H3,(H,31,32,34). The molecular formula is C30H35N7O3. The minimum Gasteiger partial charge on any atom is -0.444 e. The predicted molar refractivity (Wildman–Crippen MR) is 153 cm³/mol. The van der Waals surface area contributed by atoms with Gasteiger partial charge in [-0.25, -0.2) is 24.1 Å². The van der Waals surface area contributed by atoms with E-state index in [2.05, 4.69) is 16.4 Å². The second kappa shape index (κ2) is 9.76. The SMILES string of the molecule is CC(C)n1c(=O)c2cnc(Nc3ccc4c(c3)CN(C(=O)OC(C)(C)C)CC4)nc2n1-c1cccc(C2CC2)n1. The molecule has 1 aliphatic heterocycles. The zero-order valence-corrected chi connectivity index (χ0v) is 23.6. The van der Waals surface area contributed by atoms with Crippen LogP contribution in [0.25, 0.3) is 16.9 Å². The lowest BCUT2D eigenvalue weighted by atomic mass is 9.99. The Morgan fingerprint density at radius 1 is 1.10 bits per heavy atom. The van der Waals surface area contributed by atoms with Crippen molar-refractivity contribution < 1.29 is 9.53 Å². The van der Waals surface area contributed by atoms with E-state index in [4.69, 9.17) is 14.7 Å². The number of carbonyl (C=O) groups excluding carboxylic acids is 1. The Morgan fingerprint density at radius 2 is 1.90 bits per heavy atom. The maximum Gasteiger partial charge on any atom is 0.410 e. The highest BCUT2D eigenvalue weighted by atomic mass is 16.6. The number of pyridine rings is 1. The molecular weight excluding hydrogens is 506 g/mol. The number of hydrogen-bond donors (Lipinski definition) is 1. The van der Waals surface area contributed by atoms with Crippen LogP contribution in [0.1, 0.15) is 76.2 Å². The smallest absolute Gasteiger partial charge is 0.410 e. The quantitative estimate of drug-likeness (QED) is 0.357. The molecule has 0 spiro atoms. The van der Waals surface area contributed by atoms with E-state index in [-0.39, 0.29) is 17.7 Å². The lowest BCUT2D eigenvalue weighted by Crippen LogP contribution is -2.39. The first-order valence-electron chi connectivity index (χ1n) is 13.9. The minimum atomic E-state index is -0.541. The number of hydrogen-bond acceptors (Lipinski definition) is 7. The van der Waals surface area contributed by atoms with Crippen LogP contribution in [0.2, 0.25) is 0 Å². The van der Waals surface area contributed by atoms with Crippen LogP contribution >= 0.6 is 0 Å². The fraction of sp³-hybridized carbons (Fsp3) is 0.433. The maximum absolute atomic E-state index is 13.4. The second-order valence-corrected chi connectivity index (χ2v) is 11.9. The number of fused-ring (bicyclic) bond motifs is 2. The van der Waals surface area contributed by atoms with Crippen LogP contribution < -0.4 is 10.9 Å². The van der Waals surface area contributed by atoms with Crippen molar-refractivity contribution in [2.75, 3.05) is 11.9 Å². The van der Waals surface area contributed by atoms with Gasteiger partial charge in [-0.15, -0.1) is 0 Å². The fourth-order valence-corrected chi connectivity index (χ4v) is 5.16. The minimum absolute atomic E-state index is 0.0990. The summed E-state index contributed by atoms with van der Waals surface area (Å²) in [6.07, 6.45) is 4.32. The molecule has 1 aromatic carbocycles. The number of ether oxygens (including phenoxy) is 1. The van der Waals surface area contributed by atoms with Crippen molar-refractivity contribution in [3.63, 3.8) is 0 Å². The molecule has 40 heavy (non-hydrogen) atoms. The van der Waals surface area contributed by atoms with Gasteiger partial charge >= 0.3 is 6.09 Å². The van der Waals surface area contributed by atoms with E-state index in [1.54, 1.807) is 15.8 Å². The summed E-state index contributed by atoms with van der Waals surface area (Å²) in [5.74, 6) is 1.54. The third-order valence-corrected chi connectivity index (χ3v) is 7.21. The number of aromatic nitrogens is 5. The van der Waals surface area contributed by atoms with Crippen LogP contribution in [-0.4, -0.2) is 47.5 Å². The molecule has 1 N–H and O–H groups in total. The van der Waals surface area contributed by atoms with E-state index in [0.717, 1.165) is 36.2 Å². The monoisotopic (exact) mass is 541 g/mol. The Balaban J connectivity index is 1.33. The van der Waals surface area contributed by atoms with E-state index in [1.807, 2.05) is 69.6 Å². The number of amides is 1. The van der Waals surface area contributed by atoms with Gasteiger partial charge in [-0.1, -0.05) is 12.1 Å². The van der Waals surface area contributed by atoms with Crippen molar-refractivity contribution in [1.29, 1.82) is 0 Å². The summed E-state index contributed by atoms with van der Waals surface area (Å²) in [4.78, 5) is 41.9. The normalized spacial score (nSPS) is 15.4. The zero-order chi connectivity index (χ0) is 28.2. The van der Waals surface area contributed by atoms with Crippen LogP contribution in [0.5, 0.6) is 0 Å². The van der Waals surface area contributed by atoms with Gasteiger partial charge in [0.1, 0.15) is 11.0 Å². The fourth-order valence-electron chi connectivity index (χ4n) is 5.16. The summed E-state index contributed by atoms with van der Waals surface area (Å²) in [5, 5.41) is 3.74. The molecule has 4 heterocycles. The first kappa shape index (κ1) is 26.0. The summed E-state index contributed by atoms with van der Waals surface area (Å²) in [6.45, 7) is 10.7. The first-order valence-corrected chi connectivity index (χ1v) is 13.9. The zero-order valence-electron chi connectivity index (χ0n) is 23.6. The highest BCUT2D eigenvalue weighted by Crippen LogP contribution is 2.39. The van der Waals surface area contributed by atoms with Crippen molar-refractivity contribution >= 4 is 28.8 Å². The van der Waals surface area contributed by atoms with Crippen molar-refractivity contribution in [3.05, 3.63) is 69.8 Å². The Morgan fingerprint density at radius 3 is 2.62 bits per heavy atom. The third kappa shape index (κ3) is 5.05. The second-order valence-electron chi connectivity index (χ2n) is 11.9. The summed E-state index contributed by atoms with van der Waals surface area (Å²) >= 11 is 0. The highest BCUT2D eigenvalue weighted by Gasteiger charge is 2.27. The van der Waals surface area contributed by atoms with E-state index in [1.165, 1.54) is 5.56 Å². The van der Waals surface area contributed by atoms with Crippen molar-refractivity contribution in [3.8, 4) is 5.82 Å². The number of anilines is 2. The summed E-state index contributed by atoms with van der Waals surface area (Å²) in [7, 11) is 0. The average Bonchev–Trinajstić information content (AvgIpc) is 3.71. The van der Waals surface area contributed by atoms with Crippen LogP contribution in [0, 0.1) is 0 Å². The van der Waals surface area contributed by atoms with Gasteiger partial charge in [-0.3, -0.25) is 4.79 Å². The number of rotatable bonds is 5. The van der Waals surface area contributed by atoms with Gasteiger partial charge in [0.25, 0.3) is 5.56 Å². The van der Waals surface area contributed by atoms with E-state index in [9.17, 15) is 9.59 Å². The lowest BCUT2D eigenvalue weighted by Gasteiger charge is -2.31. The summed E-state index contributed by atoms with van der Waals surface area (Å²) < 4.78 is 9.07. The molecule has 0 unspecified atom stereocenters. The average molecular weight is 542 g/mol. The van der Waals surface area contributed by atoms with E-state index >= 15 is 0 Å². The molecule has 208 valence electrons. The van der Waals surface area contributed by atoms with Gasteiger partial charge < -0.3 is 15.0 Å². The molecule has 1 fully saturated rings. The molecule has 10 heteroatoms. The molecule has 0 bridgehead atoms. The molecule has 1 saturated carbocycles. The van der Waals surface area contributed by atoms with Crippen molar-refractivity contribution in [1.82, 2.24) is 29.2 Å². The Labute approximate surface area is 233 Å². The van der Waals surface area contributed by atoms with Crippen LogP contribution in [0.15, 0.2) is 47.4 Å². The molecule has 10 nitrogen and oxygen atoms in total. The van der Waals surface area contributed by atoms with Gasteiger partial charge in [0.15, 0.2) is 11.5 Å². The molecule has 0 saturated heterocycles. The molecule has 1 aliphatic carbocycles. The highest BCUT2D eigenvalue weighted by molar-refractivity contribution is 5.77. The topological polar surface area (TPSA) is 107 Å². The van der Waals surface area contributed by atoms with Gasteiger partial charge in [0, 0.05) is 42.6 Å². The lowest BCUT2D eigenvalue weighted by molar-refractivity contribution is 0.0224. The van der Waals surface area contributed by atoms with Crippen molar-refractivity contribution in [2.24, 2.45) is 0 Å².